The van der Waals surface area contributed by atoms with Crippen LogP contribution in [0.2, 0.25) is 0 Å². The van der Waals surface area contributed by atoms with E-state index in [0.29, 0.717) is 13.2 Å². The van der Waals surface area contributed by atoms with Crippen LogP contribution in [0.3, 0.4) is 0 Å². The normalized spacial score (nSPS) is 22.0. The highest BCUT2D eigenvalue weighted by Gasteiger charge is 2.28. The molecular formula is C20H29FN2O2. The van der Waals surface area contributed by atoms with Gasteiger partial charge in [0, 0.05) is 13.2 Å². The zero-order valence-corrected chi connectivity index (χ0v) is 14.8. The van der Waals surface area contributed by atoms with Gasteiger partial charge in [-0.25, -0.2) is 9.18 Å². The van der Waals surface area contributed by atoms with Crippen molar-refractivity contribution in [1.82, 2.24) is 10.6 Å². The van der Waals surface area contributed by atoms with E-state index in [1.807, 2.05) is 0 Å². The maximum atomic E-state index is 13.2. The van der Waals surface area contributed by atoms with Gasteiger partial charge in [0.2, 0.25) is 0 Å². The molecule has 25 heavy (non-hydrogen) atoms. The number of rotatable bonds is 7. The fourth-order valence-electron chi connectivity index (χ4n) is 4.01. The summed E-state index contributed by atoms with van der Waals surface area (Å²) < 4.78 is 18.9. The van der Waals surface area contributed by atoms with Gasteiger partial charge in [-0.3, -0.25) is 0 Å². The largest absolute Gasteiger partial charge is 0.376 e. The smallest absolute Gasteiger partial charge is 0.315 e. The second-order valence-corrected chi connectivity index (χ2v) is 7.27. The predicted molar refractivity (Wildman–Crippen MR) is 95.8 cm³/mol. The van der Waals surface area contributed by atoms with Gasteiger partial charge < -0.3 is 15.4 Å². The van der Waals surface area contributed by atoms with Crippen molar-refractivity contribution < 1.29 is 13.9 Å². The zero-order valence-electron chi connectivity index (χ0n) is 14.8. The van der Waals surface area contributed by atoms with Crippen LogP contribution in [0.15, 0.2) is 24.3 Å². The lowest BCUT2D eigenvalue weighted by molar-refractivity contribution is 0.0807. The molecule has 0 bridgehead atoms. The molecule has 3 rings (SSSR count). The van der Waals surface area contributed by atoms with Gasteiger partial charge in [-0.2, -0.15) is 0 Å². The van der Waals surface area contributed by atoms with Crippen LogP contribution in [0.5, 0.6) is 0 Å². The van der Waals surface area contributed by atoms with Crippen molar-refractivity contribution >= 4 is 6.03 Å². The van der Waals surface area contributed by atoms with Gasteiger partial charge in [0.15, 0.2) is 0 Å². The number of hydrogen-bond donors (Lipinski definition) is 2. The Kier molecular flexibility index (Phi) is 6.68. The highest BCUT2D eigenvalue weighted by Crippen LogP contribution is 2.28. The maximum Gasteiger partial charge on any atom is 0.315 e. The molecule has 1 heterocycles. The van der Waals surface area contributed by atoms with E-state index in [1.54, 1.807) is 12.1 Å². The molecule has 1 aromatic carbocycles. The van der Waals surface area contributed by atoms with E-state index in [0.717, 1.165) is 30.7 Å². The van der Waals surface area contributed by atoms with Gasteiger partial charge in [0.1, 0.15) is 5.82 Å². The highest BCUT2D eigenvalue weighted by atomic mass is 19.1. The molecule has 0 aromatic heterocycles. The first-order chi connectivity index (χ1) is 12.2. The Hall–Kier alpha value is -1.62. The molecule has 2 N–H and O–H groups in total. The van der Waals surface area contributed by atoms with Crippen molar-refractivity contribution in [2.75, 3.05) is 13.2 Å². The molecular weight excluding hydrogens is 319 g/mol. The van der Waals surface area contributed by atoms with Crippen molar-refractivity contribution in [3.8, 4) is 0 Å². The molecule has 0 spiro atoms. The van der Waals surface area contributed by atoms with Crippen LogP contribution in [-0.2, 0) is 4.74 Å². The molecule has 138 valence electrons. The number of nitrogens with one attached hydrogen (secondary N) is 2. The Balaban J connectivity index is 1.48. The van der Waals surface area contributed by atoms with Crippen LogP contribution in [-0.4, -0.2) is 25.3 Å². The molecule has 5 heteroatoms. The minimum Gasteiger partial charge on any atom is -0.376 e. The molecule has 1 saturated carbocycles. The average Bonchev–Trinajstić information content (AvgIpc) is 3.31. The number of hydrogen-bond acceptors (Lipinski definition) is 2. The SMILES string of the molecule is O=C(NCCCC1CCCC1)NC(c1ccc(F)cc1)C1CCCO1. The van der Waals surface area contributed by atoms with Gasteiger partial charge >= 0.3 is 6.03 Å². The first-order valence-corrected chi connectivity index (χ1v) is 9.64. The third kappa shape index (κ3) is 5.43. The summed E-state index contributed by atoms with van der Waals surface area (Å²) in [7, 11) is 0. The standard InChI is InChI=1S/C20H29FN2O2/c21-17-11-9-16(10-12-17)19(18-8-4-14-25-18)23-20(24)22-13-3-7-15-5-1-2-6-15/h9-12,15,18-19H,1-8,13-14H2,(H2,22,23,24). The second-order valence-electron chi connectivity index (χ2n) is 7.27. The van der Waals surface area contributed by atoms with E-state index >= 15 is 0 Å². The predicted octanol–water partition coefficient (Wildman–Crippen LogP) is 4.32. The number of urea groups is 1. The van der Waals surface area contributed by atoms with E-state index < -0.39 is 0 Å². The first-order valence-electron chi connectivity index (χ1n) is 9.64. The average molecular weight is 348 g/mol. The maximum absolute atomic E-state index is 13.2. The summed E-state index contributed by atoms with van der Waals surface area (Å²) in [6.45, 7) is 1.41. The summed E-state index contributed by atoms with van der Waals surface area (Å²) in [5.74, 6) is 0.579. The van der Waals surface area contributed by atoms with Crippen molar-refractivity contribution in [1.29, 1.82) is 0 Å². The fourth-order valence-corrected chi connectivity index (χ4v) is 4.01. The summed E-state index contributed by atoms with van der Waals surface area (Å²) in [6.07, 6.45) is 9.49. The number of benzene rings is 1. The van der Waals surface area contributed by atoms with Crippen molar-refractivity contribution in [2.45, 2.75) is 63.5 Å². The molecule has 2 atom stereocenters. The van der Waals surface area contributed by atoms with Gasteiger partial charge in [-0.15, -0.1) is 0 Å². The fraction of sp³-hybridized carbons (Fsp3) is 0.650. The van der Waals surface area contributed by atoms with Gasteiger partial charge in [-0.1, -0.05) is 37.8 Å². The van der Waals surface area contributed by atoms with Crippen molar-refractivity contribution in [2.24, 2.45) is 5.92 Å². The summed E-state index contributed by atoms with van der Waals surface area (Å²) >= 11 is 0. The lowest BCUT2D eigenvalue weighted by Gasteiger charge is -2.25. The van der Waals surface area contributed by atoms with Gasteiger partial charge in [0.25, 0.3) is 0 Å². The summed E-state index contributed by atoms with van der Waals surface area (Å²) in [5.41, 5.74) is 0.884. The number of ether oxygens (including phenoxy) is 1. The Morgan fingerprint density at radius 1 is 1.16 bits per heavy atom. The van der Waals surface area contributed by atoms with Crippen LogP contribution < -0.4 is 10.6 Å². The minimum absolute atomic E-state index is 0.0466. The first kappa shape index (κ1) is 18.2. The number of amides is 2. The Bertz CT molecular complexity index is 537. The monoisotopic (exact) mass is 348 g/mol. The molecule has 0 radical (unpaired) electrons. The van der Waals surface area contributed by atoms with Crippen LogP contribution in [0.1, 0.15) is 63.0 Å². The molecule has 4 nitrogen and oxygen atoms in total. The van der Waals surface area contributed by atoms with Gasteiger partial charge in [0.05, 0.1) is 12.1 Å². The molecule has 2 aliphatic rings. The molecule has 1 saturated heterocycles. The summed E-state index contributed by atoms with van der Waals surface area (Å²) in [5, 5.41) is 5.99. The number of halogens is 1. The molecule has 2 unspecified atom stereocenters. The molecule has 2 fully saturated rings. The van der Waals surface area contributed by atoms with Crippen molar-refractivity contribution in [3.05, 3.63) is 35.6 Å². The third-order valence-corrected chi connectivity index (χ3v) is 5.40. The summed E-state index contributed by atoms with van der Waals surface area (Å²) in [6, 6.07) is 5.90. The van der Waals surface area contributed by atoms with E-state index in [9.17, 15) is 9.18 Å². The van der Waals surface area contributed by atoms with Crippen LogP contribution in [0.4, 0.5) is 9.18 Å². The van der Waals surface area contributed by atoms with Gasteiger partial charge in [-0.05, 0) is 49.3 Å². The molecule has 2 amide bonds. The highest BCUT2D eigenvalue weighted by molar-refractivity contribution is 5.74. The van der Waals surface area contributed by atoms with E-state index in [2.05, 4.69) is 10.6 Å². The Morgan fingerprint density at radius 3 is 2.60 bits per heavy atom. The zero-order chi connectivity index (χ0) is 17.5. The van der Waals surface area contributed by atoms with Crippen LogP contribution in [0, 0.1) is 11.7 Å². The lowest BCUT2D eigenvalue weighted by Crippen LogP contribution is -2.42. The second kappa shape index (κ2) is 9.18. The number of carbonyl (C=O) groups is 1. The molecule has 1 aliphatic heterocycles. The van der Waals surface area contributed by atoms with Crippen LogP contribution in [0.25, 0.3) is 0 Å². The number of carbonyl (C=O) groups excluding carboxylic acids is 1. The van der Waals surface area contributed by atoms with E-state index in [-0.39, 0.29) is 24.0 Å². The quantitative estimate of drug-likeness (QED) is 0.721. The van der Waals surface area contributed by atoms with Crippen molar-refractivity contribution in [3.63, 3.8) is 0 Å². The Morgan fingerprint density at radius 2 is 1.92 bits per heavy atom. The summed E-state index contributed by atoms with van der Waals surface area (Å²) in [4.78, 5) is 12.3. The molecule has 1 aliphatic carbocycles. The van der Waals surface area contributed by atoms with Crippen LogP contribution >= 0.6 is 0 Å². The topological polar surface area (TPSA) is 50.4 Å². The lowest BCUT2D eigenvalue weighted by atomic mass is 9.99. The molecule has 1 aromatic rings. The van der Waals surface area contributed by atoms with E-state index in [4.69, 9.17) is 4.74 Å². The third-order valence-electron chi connectivity index (χ3n) is 5.40. The Labute approximate surface area is 149 Å². The van der Waals surface area contributed by atoms with E-state index in [1.165, 1.54) is 44.2 Å². The minimum atomic E-state index is -0.272.